The molecule has 0 saturated carbocycles. The lowest BCUT2D eigenvalue weighted by Crippen LogP contribution is -2.10. The van der Waals surface area contributed by atoms with Gasteiger partial charge in [-0.05, 0) is 47.5 Å². The topological polar surface area (TPSA) is 24.7 Å². The maximum atomic E-state index is 4.64. The predicted molar refractivity (Wildman–Crippen MR) is 74.5 cm³/mol. The van der Waals surface area contributed by atoms with Crippen molar-refractivity contribution in [1.82, 2.24) is 0 Å². The van der Waals surface area contributed by atoms with Gasteiger partial charge in [-0.2, -0.15) is 9.98 Å². The second-order valence-corrected chi connectivity index (χ2v) is 4.72. The van der Waals surface area contributed by atoms with E-state index >= 15 is 0 Å². The molecule has 0 bridgehead atoms. The molecule has 0 radical (unpaired) electrons. The van der Waals surface area contributed by atoms with Gasteiger partial charge in [-0.25, -0.2) is 0 Å². The summed E-state index contributed by atoms with van der Waals surface area (Å²) in [6.45, 7) is 6.35. The van der Waals surface area contributed by atoms with Gasteiger partial charge in [0.15, 0.2) is 0 Å². The van der Waals surface area contributed by atoms with Gasteiger partial charge in [0.2, 0.25) is 0 Å². The molecule has 0 spiro atoms. The molecule has 0 aliphatic carbocycles. The lowest BCUT2D eigenvalue weighted by atomic mass is 9.86. The van der Waals surface area contributed by atoms with Crippen molar-refractivity contribution >= 4 is 46.1 Å². The SMILES string of the molecule is CC(C)(C)c1ccc(N=C=S)cc1N=C=S. The van der Waals surface area contributed by atoms with Crippen molar-refractivity contribution in [2.75, 3.05) is 0 Å². The van der Waals surface area contributed by atoms with Crippen LogP contribution in [0, 0.1) is 0 Å². The zero-order chi connectivity index (χ0) is 12.2. The van der Waals surface area contributed by atoms with E-state index in [1.54, 1.807) is 0 Å². The Labute approximate surface area is 106 Å². The van der Waals surface area contributed by atoms with E-state index in [1.807, 2.05) is 18.2 Å². The second-order valence-electron chi connectivity index (χ2n) is 4.36. The van der Waals surface area contributed by atoms with E-state index in [0.29, 0.717) is 0 Å². The standard InChI is InChI=1S/C12H12N2S2/c1-12(2,3)10-5-4-9(13-7-15)6-11(10)14-8-16/h4-6H,1-3H3. The normalized spacial score (nSPS) is 10.2. The molecule has 82 valence electrons. The Balaban J connectivity index is 3.41. The quantitative estimate of drug-likeness (QED) is 0.570. The van der Waals surface area contributed by atoms with Gasteiger partial charge in [0.05, 0.1) is 21.7 Å². The zero-order valence-electron chi connectivity index (χ0n) is 9.44. The highest BCUT2D eigenvalue weighted by Crippen LogP contribution is 2.34. The molecule has 0 unspecified atom stereocenters. The molecule has 1 rings (SSSR count). The van der Waals surface area contributed by atoms with Gasteiger partial charge in [0.25, 0.3) is 0 Å². The van der Waals surface area contributed by atoms with Gasteiger partial charge in [-0.1, -0.05) is 26.8 Å². The van der Waals surface area contributed by atoms with Crippen LogP contribution in [0.1, 0.15) is 26.3 Å². The number of nitrogens with zero attached hydrogens (tertiary/aromatic N) is 2. The maximum Gasteiger partial charge on any atom is 0.0798 e. The molecule has 0 saturated heterocycles. The van der Waals surface area contributed by atoms with E-state index in [0.717, 1.165) is 16.9 Å². The third-order valence-corrected chi connectivity index (χ3v) is 2.31. The van der Waals surface area contributed by atoms with Crippen LogP contribution in [0.2, 0.25) is 0 Å². The fraction of sp³-hybridized carbons (Fsp3) is 0.333. The second kappa shape index (κ2) is 5.24. The molecule has 0 aliphatic rings. The summed E-state index contributed by atoms with van der Waals surface area (Å²) in [5.41, 5.74) is 2.62. The molecule has 0 heterocycles. The van der Waals surface area contributed by atoms with Crippen LogP contribution in [0.3, 0.4) is 0 Å². The number of hydrogen-bond acceptors (Lipinski definition) is 4. The van der Waals surface area contributed by atoms with Crippen LogP contribution in [0.25, 0.3) is 0 Å². The molecular weight excluding hydrogens is 236 g/mol. The molecule has 4 heteroatoms. The highest BCUT2D eigenvalue weighted by molar-refractivity contribution is 7.78. The first kappa shape index (κ1) is 12.9. The van der Waals surface area contributed by atoms with Crippen LogP contribution in [-0.2, 0) is 5.41 Å². The van der Waals surface area contributed by atoms with Crippen molar-refractivity contribution in [3.05, 3.63) is 23.8 Å². The number of aliphatic imine (C=N–C) groups is 2. The first-order valence-electron chi connectivity index (χ1n) is 4.79. The molecular formula is C12H12N2S2. The van der Waals surface area contributed by atoms with Crippen molar-refractivity contribution in [3.8, 4) is 0 Å². The summed E-state index contributed by atoms with van der Waals surface area (Å²) in [5, 5.41) is 4.72. The molecule has 0 N–H and O–H groups in total. The number of rotatable bonds is 2. The van der Waals surface area contributed by atoms with Gasteiger partial charge in [0.1, 0.15) is 0 Å². The zero-order valence-corrected chi connectivity index (χ0v) is 11.1. The minimum atomic E-state index is 0.00490. The van der Waals surface area contributed by atoms with Crippen LogP contribution in [-0.4, -0.2) is 10.3 Å². The molecule has 0 aromatic heterocycles. The first-order valence-corrected chi connectivity index (χ1v) is 5.61. The highest BCUT2D eigenvalue weighted by Gasteiger charge is 2.17. The van der Waals surface area contributed by atoms with E-state index in [1.165, 1.54) is 0 Å². The number of thiocarbonyl (C=S) groups is 2. The Bertz CT molecular complexity index is 488. The predicted octanol–water partition coefficient (Wildman–Crippen LogP) is 4.45. The Hall–Kier alpha value is -1.18. The van der Waals surface area contributed by atoms with Gasteiger partial charge >= 0.3 is 0 Å². The van der Waals surface area contributed by atoms with Crippen molar-refractivity contribution in [3.63, 3.8) is 0 Å². The molecule has 1 aromatic rings. The van der Waals surface area contributed by atoms with E-state index in [9.17, 15) is 0 Å². The molecule has 0 fully saturated rings. The van der Waals surface area contributed by atoms with Crippen molar-refractivity contribution < 1.29 is 0 Å². The number of isothiocyanates is 2. The largest absolute Gasteiger partial charge is 0.195 e. The monoisotopic (exact) mass is 248 g/mol. The summed E-state index contributed by atoms with van der Waals surface area (Å²) >= 11 is 9.21. The summed E-state index contributed by atoms with van der Waals surface area (Å²) in [6, 6.07) is 5.71. The Morgan fingerprint density at radius 3 is 2.19 bits per heavy atom. The lowest BCUT2D eigenvalue weighted by molar-refractivity contribution is 0.591. The van der Waals surface area contributed by atoms with E-state index in [4.69, 9.17) is 0 Å². The van der Waals surface area contributed by atoms with E-state index in [2.05, 4.69) is 65.5 Å². The molecule has 1 aromatic carbocycles. The minimum absolute atomic E-state index is 0.00490. The molecule has 16 heavy (non-hydrogen) atoms. The molecule has 0 amide bonds. The third-order valence-electron chi connectivity index (χ3n) is 2.13. The highest BCUT2D eigenvalue weighted by atomic mass is 32.1. The molecule has 0 atom stereocenters. The lowest BCUT2D eigenvalue weighted by Gasteiger charge is -2.20. The summed E-state index contributed by atoms with van der Waals surface area (Å²) < 4.78 is 0. The van der Waals surface area contributed by atoms with Crippen LogP contribution < -0.4 is 0 Å². The van der Waals surface area contributed by atoms with E-state index in [-0.39, 0.29) is 5.41 Å². The number of benzene rings is 1. The van der Waals surface area contributed by atoms with Gasteiger partial charge in [-0.3, -0.25) is 0 Å². The number of hydrogen-bond donors (Lipinski definition) is 0. The van der Waals surface area contributed by atoms with Crippen LogP contribution in [0.4, 0.5) is 11.4 Å². The average molecular weight is 248 g/mol. The Morgan fingerprint density at radius 2 is 1.69 bits per heavy atom. The van der Waals surface area contributed by atoms with Gasteiger partial charge < -0.3 is 0 Å². The van der Waals surface area contributed by atoms with Crippen molar-refractivity contribution in [1.29, 1.82) is 0 Å². The fourth-order valence-electron chi connectivity index (χ4n) is 1.42. The Morgan fingerprint density at radius 1 is 1.06 bits per heavy atom. The van der Waals surface area contributed by atoms with Crippen LogP contribution in [0.15, 0.2) is 28.2 Å². The summed E-state index contributed by atoms with van der Waals surface area (Å²) in [6.07, 6.45) is 0. The summed E-state index contributed by atoms with van der Waals surface area (Å²) in [4.78, 5) is 7.97. The average Bonchev–Trinajstić information content (AvgIpc) is 2.17. The van der Waals surface area contributed by atoms with Gasteiger partial charge in [0, 0.05) is 0 Å². The van der Waals surface area contributed by atoms with Crippen LogP contribution in [0.5, 0.6) is 0 Å². The Kier molecular flexibility index (Phi) is 4.22. The fourth-order valence-corrected chi connectivity index (χ4v) is 1.62. The third kappa shape index (κ3) is 3.16. The first-order chi connectivity index (χ1) is 7.49. The van der Waals surface area contributed by atoms with Crippen molar-refractivity contribution in [2.24, 2.45) is 9.98 Å². The van der Waals surface area contributed by atoms with Crippen LogP contribution >= 0.6 is 24.4 Å². The summed E-state index contributed by atoms with van der Waals surface area (Å²) in [5.74, 6) is 0. The van der Waals surface area contributed by atoms with E-state index < -0.39 is 0 Å². The smallest absolute Gasteiger partial charge is 0.0798 e. The molecule has 2 nitrogen and oxygen atoms in total. The molecule has 0 aliphatic heterocycles. The summed E-state index contributed by atoms with van der Waals surface area (Å²) in [7, 11) is 0. The minimum Gasteiger partial charge on any atom is -0.195 e. The maximum absolute atomic E-state index is 4.64. The van der Waals surface area contributed by atoms with Crippen molar-refractivity contribution in [2.45, 2.75) is 26.2 Å². The van der Waals surface area contributed by atoms with Gasteiger partial charge in [-0.15, -0.1) is 0 Å².